The van der Waals surface area contributed by atoms with Crippen LogP contribution in [0.5, 0.6) is 0 Å². The third kappa shape index (κ3) is 2.02. The average molecular weight is 291 g/mol. The van der Waals surface area contributed by atoms with E-state index in [0.29, 0.717) is 6.04 Å². The van der Waals surface area contributed by atoms with E-state index in [1.807, 2.05) is 0 Å². The fourth-order valence-corrected chi connectivity index (χ4v) is 2.22. The van der Waals surface area contributed by atoms with Gasteiger partial charge in [-0.2, -0.15) is 0 Å². The molecule has 1 aromatic carbocycles. The molecule has 0 bridgehead atoms. The number of benzene rings is 1. The SMILES string of the molecule is Brc1ccc(NC2CC2)c(Br)c1. The highest BCUT2D eigenvalue weighted by Crippen LogP contribution is 2.31. The molecule has 1 nitrogen and oxygen atoms in total. The Balaban J connectivity index is 2.18. The van der Waals surface area contributed by atoms with Gasteiger partial charge in [0.2, 0.25) is 0 Å². The molecule has 0 atom stereocenters. The molecule has 1 N–H and O–H groups in total. The predicted molar refractivity (Wildman–Crippen MR) is 58.5 cm³/mol. The first-order valence-electron chi connectivity index (χ1n) is 3.97. The van der Waals surface area contributed by atoms with Crippen molar-refractivity contribution in [2.75, 3.05) is 5.32 Å². The smallest absolute Gasteiger partial charge is 0.0487 e. The summed E-state index contributed by atoms with van der Waals surface area (Å²) in [5.74, 6) is 0. The fourth-order valence-electron chi connectivity index (χ4n) is 1.05. The average Bonchev–Trinajstić information content (AvgIpc) is 2.79. The Morgan fingerprint density at radius 2 is 2.00 bits per heavy atom. The van der Waals surface area contributed by atoms with Crippen LogP contribution >= 0.6 is 31.9 Å². The van der Waals surface area contributed by atoms with E-state index in [1.165, 1.54) is 18.5 Å². The van der Waals surface area contributed by atoms with E-state index < -0.39 is 0 Å². The lowest BCUT2D eigenvalue weighted by atomic mass is 10.3. The third-order valence-electron chi connectivity index (χ3n) is 1.87. The molecule has 1 aromatic rings. The van der Waals surface area contributed by atoms with Crippen molar-refractivity contribution < 1.29 is 0 Å². The van der Waals surface area contributed by atoms with E-state index in [1.54, 1.807) is 0 Å². The lowest BCUT2D eigenvalue weighted by Gasteiger charge is -2.06. The molecule has 64 valence electrons. The van der Waals surface area contributed by atoms with Crippen LogP contribution in [0.25, 0.3) is 0 Å². The third-order valence-corrected chi connectivity index (χ3v) is 3.02. The van der Waals surface area contributed by atoms with Crippen LogP contribution in [-0.2, 0) is 0 Å². The van der Waals surface area contributed by atoms with Crippen LogP contribution in [0.1, 0.15) is 12.8 Å². The van der Waals surface area contributed by atoms with E-state index >= 15 is 0 Å². The van der Waals surface area contributed by atoms with E-state index in [4.69, 9.17) is 0 Å². The minimum atomic E-state index is 0.711. The first-order valence-corrected chi connectivity index (χ1v) is 5.56. The number of hydrogen-bond acceptors (Lipinski definition) is 1. The van der Waals surface area contributed by atoms with Crippen LogP contribution in [0.15, 0.2) is 27.1 Å². The molecule has 12 heavy (non-hydrogen) atoms. The van der Waals surface area contributed by atoms with Gasteiger partial charge < -0.3 is 5.32 Å². The molecular formula is C9H9Br2N. The molecule has 1 saturated carbocycles. The highest BCUT2D eigenvalue weighted by Gasteiger charge is 2.21. The fraction of sp³-hybridized carbons (Fsp3) is 0.333. The Morgan fingerprint density at radius 1 is 1.25 bits per heavy atom. The van der Waals surface area contributed by atoms with Crippen LogP contribution in [0.4, 0.5) is 5.69 Å². The maximum Gasteiger partial charge on any atom is 0.0487 e. The van der Waals surface area contributed by atoms with E-state index in [2.05, 4.69) is 55.4 Å². The second kappa shape index (κ2) is 3.38. The predicted octanol–water partition coefficient (Wildman–Crippen LogP) is 3.79. The molecule has 0 amide bonds. The highest BCUT2D eigenvalue weighted by atomic mass is 79.9. The monoisotopic (exact) mass is 289 g/mol. The Labute approximate surface area is 88.8 Å². The molecule has 0 heterocycles. The molecule has 0 saturated heterocycles. The van der Waals surface area contributed by atoms with E-state index in [9.17, 15) is 0 Å². The van der Waals surface area contributed by atoms with E-state index in [0.717, 1.165) is 8.95 Å². The largest absolute Gasteiger partial charge is 0.381 e. The zero-order chi connectivity index (χ0) is 8.55. The van der Waals surface area contributed by atoms with Gasteiger partial charge in [-0.25, -0.2) is 0 Å². The molecule has 1 aliphatic carbocycles. The summed E-state index contributed by atoms with van der Waals surface area (Å²) in [6.45, 7) is 0. The lowest BCUT2D eigenvalue weighted by molar-refractivity contribution is 1.15. The van der Waals surface area contributed by atoms with Crippen molar-refractivity contribution in [3.63, 3.8) is 0 Å². The summed E-state index contributed by atoms with van der Waals surface area (Å²) in [7, 11) is 0. The van der Waals surface area contributed by atoms with Gasteiger partial charge in [-0.1, -0.05) is 15.9 Å². The Bertz CT molecular complexity index is 295. The molecule has 0 radical (unpaired) electrons. The molecule has 0 unspecified atom stereocenters. The molecule has 0 aromatic heterocycles. The van der Waals surface area contributed by atoms with Gasteiger partial charge in [0.1, 0.15) is 0 Å². The van der Waals surface area contributed by atoms with Gasteiger partial charge in [-0.15, -0.1) is 0 Å². The maximum atomic E-state index is 3.51. The van der Waals surface area contributed by atoms with Crippen molar-refractivity contribution in [1.82, 2.24) is 0 Å². The minimum Gasteiger partial charge on any atom is -0.381 e. The highest BCUT2D eigenvalue weighted by molar-refractivity contribution is 9.11. The van der Waals surface area contributed by atoms with Crippen molar-refractivity contribution in [3.8, 4) is 0 Å². The number of hydrogen-bond donors (Lipinski definition) is 1. The van der Waals surface area contributed by atoms with Crippen molar-refractivity contribution in [2.45, 2.75) is 18.9 Å². The van der Waals surface area contributed by atoms with Gasteiger partial charge in [-0.05, 0) is 47.0 Å². The van der Waals surface area contributed by atoms with Crippen LogP contribution in [-0.4, -0.2) is 6.04 Å². The maximum absolute atomic E-state index is 3.51. The van der Waals surface area contributed by atoms with Gasteiger partial charge >= 0.3 is 0 Å². The van der Waals surface area contributed by atoms with E-state index in [-0.39, 0.29) is 0 Å². The van der Waals surface area contributed by atoms with Crippen molar-refractivity contribution >= 4 is 37.5 Å². The summed E-state index contributed by atoms with van der Waals surface area (Å²) in [6.07, 6.45) is 2.62. The zero-order valence-corrected chi connectivity index (χ0v) is 9.65. The number of rotatable bonds is 2. The molecule has 1 aliphatic rings. The Morgan fingerprint density at radius 3 is 2.58 bits per heavy atom. The second-order valence-corrected chi connectivity index (χ2v) is 4.81. The van der Waals surface area contributed by atoms with Crippen molar-refractivity contribution in [2.24, 2.45) is 0 Å². The van der Waals surface area contributed by atoms with Gasteiger partial charge in [-0.3, -0.25) is 0 Å². The Hall–Kier alpha value is -0.0200. The van der Waals surface area contributed by atoms with Gasteiger partial charge in [0.25, 0.3) is 0 Å². The summed E-state index contributed by atoms with van der Waals surface area (Å²) >= 11 is 6.93. The van der Waals surface area contributed by atoms with Gasteiger partial charge in [0.05, 0.1) is 0 Å². The summed E-state index contributed by atoms with van der Waals surface area (Å²) in [5.41, 5.74) is 1.20. The number of nitrogens with one attached hydrogen (secondary N) is 1. The van der Waals surface area contributed by atoms with Crippen molar-refractivity contribution in [1.29, 1.82) is 0 Å². The number of halogens is 2. The summed E-state index contributed by atoms with van der Waals surface area (Å²) in [4.78, 5) is 0. The molecule has 3 heteroatoms. The van der Waals surface area contributed by atoms with Crippen LogP contribution in [0.3, 0.4) is 0 Å². The van der Waals surface area contributed by atoms with Crippen LogP contribution in [0, 0.1) is 0 Å². The van der Waals surface area contributed by atoms with Crippen LogP contribution in [0.2, 0.25) is 0 Å². The molecule has 0 spiro atoms. The topological polar surface area (TPSA) is 12.0 Å². The minimum absolute atomic E-state index is 0.711. The Kier molecular flexibility index (Phi) is 2.42. The molecular weight excluding hydrogens is 282 g/mol. The van der Waals surface area contributed by atoms with Gasteiger partial charge in [0.15, 0.2) is 0 Å². The standard InChI is InChI=1S/C9H9Br2N/c10-6-1-4-9(8(11)5-6)12-7-2-3-7/h1,4-5,7,12H,2-3H2. The van der Waals surface area contributed by atoms with Gasteiger partial charge in [0, 0.05) is 20.7 Å². The summed E-state index contributed by atoms with van der Waals surface area (Å²) in [5, 5.41) is 3.44. The van der Waals surface area contributed by atoms with Crippen molar-refractivity contribution in [3.05, 3.63) is 27.1 Å². The number of anilines is 1. The van der Waals surface area contributed by atoms with Crippen LogP contribution < -0.4 is 5.32 Å². The molecule has 0 aliphatic heterocycles. The molecule has 2 rings (SSSR count). The normalized spacial score (nSPS) is 16.2. The molecule has 1 fully saturated rings. The quantitative estimate of drug-likeness (QED) is 0.874. The first kappa shape index (κ1) is 8.57. The zero-order valence-electron chi connectivity index (χ0n) is 6.48. The first-order chi connectivity index (χ1) is 5.75. The summed E-state index contributed by atoms with van der Waals surface area (Å²) in [6, 6.07) is 6.91. The summed E-state index contributed by atoms with van der Waals surface area (Å²) < 4.78 is 2.24. The lowest BCUT2D eigenvalue weighted by Crippen LogP contribution is -2.00. The second-order valence-electron chi connectivity index (χ2n) is 3.04.